The molecule has 122 valence electrons. The lowest BCUT2D eigenvalue weighted by Crippen LogP contribution is -2.13. The van der Waals surface area contributed by atoms with E-state index in [2.05, 4.69) is 64.1 Å². The van der Waals surface area contributed by atoms with Gasteiger partial charge in [0.2, 0.25) is 0 Å². The van der Waals surface area contributed by atoms with Gasteiger partial charge in [0.05, 0.1) is 0 Å². The molecule has 0 saturated carbocycles. The first-order valence-electron chi connectivity index (χ1n) is 8.29. The van der Waals surface area contributed by atoms with Gasteiger partial charge in [-0.05, 0) is 45.7 Å². The summed E-state index contributed by atoms with van der Waals surface area (Å²) in [5, 5.41) is 0. The molecule has 0 fully saturated rings. The van der Waals surface area contributed by atoms with Crippen molar-refractivity contribution in [3.63, 3.8) is 0 Å². The van der Waals surface area contributed by atoms with E-state index in [9.17, 15) is 0 Å². The zero-order valence-corrected chi connectivity index (χ0v) is 16.2. The zero-order valence-electron chi connectivity index (χ0n) is 14.6. The molecule has 4 rings (SSSR count). The van der Waals surface area contributed by atoms with Crippen LogP contribution in [-0.4, -0.2) is 0 Å². The minimum absolute atomic E-state index is 0.214. The molecule has 0 nitrogen and oxygen atoms in total. The zero-order chi connectivity index (χ0) is 16.4. The van der Waals surface area contributed by atoms with Crippen LogP contribution in [0, 0.1) is 6.92 Å². The van der Waals surface area contributed by atoms with E-state index < -0.39 is 0 Å². The van der Waals surface area contributed by atoms with Crippen LogP contribution in [0.1, 0.15) is 54.2 Å². The third-order valence-electron chi connectivity index (χ3n) is 4.56. The van der Waals surface area contributed by atoms with Gasteiger partial charge < -0.3 is 0 Å². The Morgan fingerprint density at radius 3 is 1.57 bits per heavy atom. The summed E-state index contributed by atoms with van der Waals surface area (Å²) in [5.74, 6) is 4.41. The first-order chi connectivity index (χ1) is 10.9. The molecule has 0 saturated heterocycles. The highest BCUT2D eigenvalue weighted by Gasteiger charge is 2.17. The fourth-order valence-electron chi connectivity index (χ4n) is 2.86. The molecule has 0 unspecified atom stereocenters. The third-order valence-corrected chi connectivity index (χ3v) is 6.67. The van der Waals surface area contributed by atoms with Crippen LogP contribution in [0.4, 0.5) is 0 Å². The second-order valence-corrected chi connectivity index (χ2v) is 9.44. The van der Waals surface area contributed by atoms with Gasteiger partial charge in [0.25, 0.3) is 0 Å². The lowest BCUT2D eigenvalue weighted by molar-refractivity contribution is 0.588. The van der Waals surface area contributed by atoms with E-state index in [-0.39, 0.29) is 5.41 Å². The van der Waals surface area contributed by atoms with Gasteiger partial charge >= 0.3 is 0 Å². The minimum atomic E-state index is 0.214. The van der Waals surface area contributed by atoms with Crippen LogP contribution >= 0.6 is 23.5 Å². The van der Waals surface area contributed by atoms with E-state index in [1.54, 1.807) is 0 Å². The van der Waals surface area contributed by atoms with Crippen LogP contribution < -0.4 is 0 Å². The molecule has 2 heterocycles. The van der Waals surface area contributed by atoms with Gasteiger partial charge in [0.15, 0.2) is 0 Å². The molecular weight excluding hydrogens is 316 g/mol. The van der Waals surface area contributed by atoms with Crippen LogP contribution in [0.15, 0.2) is 36.4 Å². The third kappa shape index (κ3) is 4.16. The van der Waals surface area contributed by atoms with E-state index in [4.69, 9.17) is 0 Å². The Labute approximate surface area is 149 Å². The van der Waals surface area contributed by atoms with E-state index in [1.165, 1.54) is 33.4 Å². The summed E-state index contributed by atoms with van der Waals surface area (Å²) in [6, 6.07) is 14.1. The second kappa shape index (κ2) is 6.94. The van der Waals surface area contributed by atoms with Gasteiger partial charge in [0.1, 0.15) is 0 Å². The van der Waals surface area contributed by atoms with Crippen molar-refractivity contribution in [1.29, 1.82) is 0 Å². The Hall–Kier alpha value is -0.860. The molecular formula is C21H26S2. The van der Waals surface area contributed by atoms with Crippen LogP contribution in [-0.2, 0) is 28.4 Å². The van der Waals surface area contributed by atoms with Crippen molar-refractivity contribution in [3.8, 4) is 0 Å². The highest BCUT2D eigenvalue weighted by atomic mass is 32.2. The van der Waals surface area contributed by atoms with Crippen LogP contribution in [0.3, 0.4) is 0 Å². The van der Waals surface area contributed by atoms with Crippen molar-refractivity contribution in [3.05, 3.63) is 69.8 Å². The predicted molar refractivity (Wildman–Crippen MR) is 106 cm³/mol. The summed E-state index contributed by atoms with van der Waals surface area (Å²) >= 11 is 4.06. The minimum Gasteiger partial charge on any atom is -0.152 e. The van der Waals surface area contributed by atoms with E-state index in [0.717, 1.165) is 23.0 Å². The smallest absolute Gasteiger partial charge is 0.0190 e. The maximum absolute atomic E-state index is 2.44. The summed E-state index contributed by atoms with van der Waals surface area (Å²) in [4.78, 5) is 0. The number of hydrogen-bond acceptors (Lipinski definition) is 2. The quantitative estimate of drug-likeness (QED) is 0.538. The lowest BCUT2D eigenvalue weighted by atomic mass is 9.84. The molecule has 0 N–H and O–H groups in total. The summed E-state index contributed by atoms with van der Waals surface area (Å²) in [6.07, 6.45) is 0. The first-order valence-corrected chi connectivity index (χ1v) is 10.6. The molecule has 0 aromatic heterocycles. The number of rotatable bonds is 0. The number of fused-ring (bicyclic) bond motifs is 6. The molecule has 0 radical (unpaired) electrons. The topological polar surface area (TPSA) is 0 Å². The molecule has 23 heavy (non-hydrogen) atoms. The van der Waals surface area contributed by atoms with Crippen LogP contribution in [0.25, 0.3) is 0 Å². The van der Waals surface area contributed by atoms with Crippen molar-refractivity contribution in [2.75, 3.05) is 0 Å². The Morgan fingerprint density at radius 2 is 1.17 bits per heavy atom. The maximum Gasteiger partial charge on any atom is 0.0190 e. The average molecular weight is 343 g/mol. The SMILES string of the molecule is Cc1c2cc(C(C)(C)C)cc1CSCc1ccc(cc1)CSC2. The van der Waals surface area contributed by atoms with Crippen molar-refractivity contribution in [2.45, 2.75) is 56.1 Å². The molecule has 2 aliphatic heterocycles. The monoisotopic (exact) mass is 342 g/mol. The Balaban J connectivity index is 1.97. The molecule has 2 aliphatic rings. The van der Waals surface area contributed by atoms with Gasteiger partial charge in [0, 0.05) is 23.0 Å². The van der Waals surface area contributed by atoms with Crippen molar-refractivity contribution in [1.82, 2.24) is 0 Å². The Bertz CT molecular complexity index is 628. The predicted octanol–water partition coefficient (Wildman–Crippen LogP) is 6.47. The number of thioether (sulfide) groups is 2. The molecule has 2 aromatic carbocycles. The largest absolute Gasteiger partial charge is 0.152 e. The molecule has 4 bridgehead atoms. The van der Waals surface area contributed by atoms with E-state index >= 15 is 0 Å². The highest BCUT2D eigenvalue weighted by Crippen LogP contribution is 2.32. The van der Waals surface area contributed by atoms with Gasteiger partial charge in [-0.15, -0.1) is 0 Å². The molecule has 0 atom stereocenters. The van der Waals surface area contributed by atoms with Crippen LogP contribution in [0.2, 0.25) is 0 Å². The van der Waals surface area contributed by atoms with Gasteiger partial charge in [-0.25, -0.2) is 0 Å². The first kappa shape index (κ1) is 17.0. The lowest BCUT2D eigenvalue weighted by Gasteiger charge is -2.23. The molecule has 0 spiro atoms. The summed E-state index contributed by atoms with van der Waals surface area (Å²) in [6.45, 7) is 9.27. The molecule has 2 aromatic rings. The van der Waals surface area contributed by atoms with Crippen LogP contribution in [0.5, 0.6) is 0 Å². The maximum atomic E-state index is 2.44. The fourth-order valence-corrected chi connectivity index (χ4v) is 4.96. The summed E-state index contributed by atoms with van der Waals surface area (Å²) in [7, 11) is 0. The van der Waals surface area contributed by atoms with Gasteiger partial charge in [-0.3, -0.25) is 0 Å². The molecule has 0 aliphatic carbocycles. The van der Waals surface area contributed by atoms with Gasteiger partial charge in [-0.1, -0.05) is 57.2 Å². The summed E-state index contributed by atoms with van der Waals surface area (Å²) in [5.41, 5.74) is 9.11. The van der Waals surface area contributed by atoms with Crippen molar-refractivity contribution < 1.29 is 0 Å². The normalized spacial score (nSPS) is 15.7. The number of benzene rings is 2. The fraction of sp³-hybridized carbons (Fsp3) is 0.429. The average Bonchev–Trinajstić information content (AvgIpc) is 2.51. The standard InChI is InChI=1S/C21H26S2/c1-15-18-9-20(21(2,3)4)10-19(15)14-23-12-17-6-5-16(7-8-17)11-22-13-18/h5-10H,11-14H2,1-4H3. The van der Waals surface area contributed by atoms with Crippen molar-refractivity contribution >= 4 is 23.5 Å². The number of hydrogen-bond donors (Lipinski definition) is 0. The molecule has 2 heteroatoms. The highest BCUT2D eigenvalue weighted by molar-refractivity contribution is 7.98. The Morgan fingerprint density at radius 1 is 0.739 bits per heavy atom. The second-order valence-electron chi connectivity index (χ2n) is 7.47. The Kier molecular flexibility index (Phi) is 5.13. The molecule has 0 amide bonds. The van der Waals surface area contributed by atoms with Crippen molar-refractivity contribution in [2.24, 2.45) is 0 Å². The van der Waals surface area contributed by atoms with Gasteiger partial charge in [-0.2, -0.15) is 23.5 Å². The van der Waals surface area contributed by atoms with E-state index in [0.29, 0.717) is 0 Å². The summed E-state index contributed by atoms with van der Waals surface area (Å²) < 4.78 is 0. The van der Waals surface area contributed by atoms with E-state index in [1.807, 2.05) is 23.5 Å².